The number of carbonyl (C=O) groups is 1. The van der Waals surface area contributed by atoms with Crippen LogP contribution in [0.25, 0.3) is 0 Å². The van der Waals surface area contributed by atoms with Crippen molar-refractivity contribution in [2.24, 2.45) is 0 Å². The Kier molecular flexibility index (Phi) is 3.84. The molecule has 0 saturated carbocycles. The van der Waals surface area contributed by atoms with Gasteiger partial charge in [0.25, 0.3) is 0 Å². The molecule has 0 saturated heterocycles. The third-order valence-corrected chi connectivity index (χ3v) is 2.59. The fourth-order valence-electron chi connectivity index (χ4n) is 1.74. The summed E-state index contributed by atoms with van der Waals surface area (Å²) in [7, 11) is 0. The number of aliphatic hydroxyl groups is 3. The van der Waals surface area contributed by atoms with Crippen LogP contribution in [0.3, 0.4) is 0 Å². The van der Waals surface area contributed by atoms with Crippen molar-refractivity contribution in [3.8, 4) is 0 Å². The van der Waals surface area contributed by atoms with Gasteiger partial charge in [-0.15, -0.1) is 0 Å². The molecule has 5 heteroatoms. The second kappa shape index (κ2) is 4.74. The van der Waals surface area contributed by atoms with Gasteiger partial charge >= 0.3 is 0 Å². The summed E-state index contributed by atoms with van der Waals surface area (Å²) < 4.78 is 0. The van der Waals surface area contributed by atoms with Crippen molar-refractivity contribution in [2.45, 2.75) is 44.6 Å². The highest BCUT2D eigenvalue weighted by Gasteiger charge is 2.36. The van der Waals surface area contributed by atoms with E-state index in [9.17, 15) is 20.1 Å². The van der Waals surface area contributed by atoms with E-state index in [0.29, 0.717) is 12.0 Å². The molecule has 0 spiro atoms. The molecule has 4 N–H and O–H groups in total. The molecule has 0 radical (unpaired) electrons. The van der Waals surface area contributed by atoms with E-state index >= 15 is 0 Å². The molecular formula is C10H17NO4. The Morgan fingerprint density at radius 3 is 2.47 bits per heavy atom. The summed E-state index contributed by atoms with van der Waals surface area (Å²) in [5.41, 5.74) is 0.631. The zero-order valence-corrected chi connectivity index (χ0v) is 8.84. The average Bonchev–Trinajstić information content (AvgIpc) is 2.18. The molecule has 5 nitrogen and oxygen atoms in total. The molecular weight excluding hydrogens is 198 g/mol. The van der Waals surface area contributed by atoms with Gasteiger partial charge in [-0.2, -0.15) is 0 Å². The fourth-order valence-corrected chi connectivity index (χ4v) is 1.74. The van der Waals surface area contributed by atoms with E-state index in [0.717, 1.165) is 0 Å². The van der Waals surface area contributed by atoms with Crippen molar-refractivity contribution < 1.29 is 20.1 Å². The zero-order chi connectivity index (χ0) is 11.6. The van der Waals surface area contributed by atoms with E-state index in [1.165, 1.54) is 6.92 Å². The zero-order valence-electron chi connectivity index (χ0n) is 8.84. The quantitative estimate of drug-likeness (QED) is 0.441. The number of hydrogen-bond acceptors (Lipinski definition) is 4. The summed E-state index contributed by atoms with van der Waals surface area (Å²) in [5, 5.41) is 31.2. The summed E-state index contributed by atoms with van der Waals surface area (Å²) in [4.78, 5) is 10.8. The Hall–Kier alpha value is -0.910. The van der Waals surface area contributed by atoms with E-state index in [-0.39, 0.29) is 5.91 Å². The molecule has 0 aromatic heterocycles. The van der Waals surface area contributed by atoms with Gasteiger partial charge in [-0.25, -0.2) is 0 Å². The van der Waals surface area contributed by atoms with Crippen LogP contribution in [0.4, 0.5) is 0 Å². The third-order valence-electron chi connectivity index (χ3n) is 2.59. The molecule has 1 rings (SSSR count). The lowest BCUT2D eigenvalue weighted by molar-refractivity contribution is -0.122. The fraction of sp³-hybridized carbons (Fsp3) is 0.700. The lowest BCUT2D eigenvalue weighted by Gasteiger charge is -2.34. The van der Waals surface area contributed by atoms with E-state index < -0.39 is 24.4 Å². The van der Waals surface area contributed by atoms with Crippen molar-refractivity contribution >= 4 is 5.91 Å². The van der Waals surface area contributed by atoms with Crippen LogP contribution in [0, 0.1) is 0 Å². The molecule has 1 aliphatic carbocycles. The van der Waals surface area contributed by atoms with Crippen molar-refractivity contribution in [3.05, 3.63) is 11.6 Å². The van der Waals surface area contributed by atoms with Gasteiger partial charge in [-0.05, 0) is 12.0 Å². The van der Waals surface area contributed by atoms with E-state index in [1.54, 1.807) is 6.08 Å². The lowest BCUT2D eigenvalue weighted by atomic mass is 9.87. The molecule has 0 aliphatic heterocycles. The second-order valence-corrected chi connectivity index (χ2v) is 3.75. The Bertz CT molecular complexity index is 277. The number of nitrogens with one attached hydrogen (secondary N) is 1. The Morgan fingerprint density at radius 1 is 1.40 bits per heavy atom. The average molecular weight is 215 g/mol. The van der Waals surface area contributed by atoms with Gasteiger partial charge in [0, 0.05) is 6.92 Å². The standard InChI is InChI=1S/C10H17NO4/c1-3-6-4-7(11-5(2)12)9(14)10(15)8(6)13/h4,7-10,13-15H,3H2,1-2H3,(H,11,12)/t7-,8+,9-,10?/m0/s1. The number of amides is 1. The van der Waals surface area contributed by atoms with Gasteiger partial charge in [-0.1, -0.05) is 13.0 Å². The Balaban J connectivity index is 2.87. The molecule has 4 atom stereocenters. The molecule has 86 valence electrons. The maximum Gasteiger partial charge on any atom is 0.217 e. The first kappa shape index (κ1) is 12.2. The smallest absolute Gasteiger partial charge is 0.217 e. The first-order valence-electron chi connectivity index (χ1n) is 4.99. The van der Waals surface area contributed by atoms with Crippen molar-refractivity contribution in [1.82, 2.24) is 5.32 Å². The highest BCUT2D eigenvalue weighted by Crippen LogP contribution is 2.22. The third kappa shape index (κ3) is 2.56. The van der Waals surface area contributed by atoms with E-state index in [4.69, 9.17) is 0 Å². The highest BCUT2D eigenvalue weighted by atomic mass is 16.4. The summed E-state index contributed by atoms with van der Waals surface area (Å²) in [6, 6.07) is -0.629. The number of hydrogen-bond donors (Lipinski definition) is 4. The normalized spacial score (nSPS) is 35.9. The Labute approximate surface area is 88.4 Å². The van der Waals surface area contributed by atoms with Gasteiger partial charge in [-0.3, -0.25) is 4.79 Å². The van der Waals surface area contributed by atoms with Crippen LogP contribution in [-0.4, -0.2) is 45.6 Å². The molecule has 0 aromatic rings. The first-order chi connectivity index (χ1) is 6.97. The largest absolute Gasteiger partial charge is 0.388 e. The summed E-state index contributed by atoms with van der Waals surface area (Å²) >= 11 is 0. The molecule has 0 fully saturated rings. The molecule has 1 aliphatic rings. The predicted molar refractivity (Wildman–Crippen MR) is 54.0 cm³/mol. The summed E-state index contributed by atoms with van der Waals surface area (Å²) in [6.45, 7) is 3.17. The SMILES string of the molecule is CCC1=C[C@H](NC(C)=O)[C@H](O)C(O)[C@@H]1O. The van der Waals surface area contributed by atoms with Gasteiger partial charge in [0.1, 0.15) is 18.3 Å². The minimum Gasteiger partial charge on any atom is -0.388 e. The van der Waals surface area contributed by atoms with Crippen molar-refractivity contribution in [1.29, 1.82) is 0 Å². The van der Waals surface area contributed by atoms with Crippen LogP contribution in [0.2, 0.25) is 0 Å². The first-order valence-corrected chi connectivity index (χ1v) is 4.99. The second-order valence-electron chi connectivity index (χ2n) is 3.75. The minimum absolute atomic E-state index is 0.283. The number of aliphatic hydroxyl groups excluding tert-OH is 3. The van der Waals surface area contributed by atoms with E-state index in [2.05, 4.69) is 5.32 Å². The van der Waals surface area contributed by atoms with Crippen LogP contribution >= 0.6 is 0 Å². The molecule has 0 bridgehead atoms. The highest BCUT2D eigenvalue weighted by molar-refractivity contribution is 5.73. The van der Waals surface area contributed by atoms with Crippen LogP contribution in [0.15, 0.2) is 11.6 Å². The number of rotatable bonds is 2. The van der Waals surface area contributed by atoms with Gasteiger partial charge in [0.15, 0.2) is 0 Å². The van der Waals surface area contributed by atoms with Crippen LogP contribution in [-0.2, 0) is 4.79 Å². The van der Waals surface area contributed by atoms with Crippen molar-refractivity contribution in [2.75, 3.05) is 0 Å². The van der Waals surface area contributed by atoms with Crippen LogP contribution in [0.5, 0.6) is 0 Å². The van der Waals surface area contributed by atoms with Gasteiger partial charge in [0.2, 0.25) is 5.91 Å². The molecule has 0 aromatic carbocycles. The maximum absolute atomic E-state index is 10.8. The van der Waals surface area contributed by atoms with Crippen LogP contribution in [0.1, 0.15) is 20.3 Å². The topological polar surface area (TPSA) is 89.8 Å². The summed E-state index contributed by atoms with van der Waals surface area (Å²) in [6.07, 6.45) is -1.29. The molecule has 1 unspecified atom stereocenters. The minimum atomic E-state index is -1.25. The van der Waals surface area contributed by atoms with Gasteiger partial charge < -0.3 is 20.6 Å². The van der Waals surface area contributed by atoms with E-state index in [1.807, 2.05) is 6.92 Å². The van der Waals surface area contributed by atoms with Crippen molar-refractivity contribution in [3.63, 3.8) is 0 Å². The maximum atomic E-state index is 10.8. The molecule has 15 heavy (non-hydrogen) atoms. The summed E-state index contributed by atoms with van der Waals surface area (Å²) in [5.74, 6) is -0.283. The Morgan fingerprint density at radius 2 is 2.00 bits per heavy atom. The molecule has 1 amide bonds. The lowest BCUT2D eigenvalue weighted by Crippen LogP contribution is -2.54. The van der Waals surface area contributed by atoms with Crippen LogP contribution < -0.4 is 5.32 Å². The van der Waals surface area contributed by atoms with Gasteiger partial charge in [0.05, 0.1) is 6.04 Å². The monoisotopic (exact) mass is 215 g/mol. The molecule has 0 heterocycles. The number of carbonyl (C=O) groups excluding carboxylic acids is 1. The predicted octanol–water partition coefficient (Wildman–Crippen LogP) is -1.08.